The summed E-state index contributed by atoms with van der Waals surface area (Å²) >= 11 is 9.27. The van der Waals surface area contributed by atoms with E-state index < -0.39 is 0 Å². The van der Waals surface area contributed by atoms with Crippen molar-refractivity contribution in [3.8, 4) is 5.75 Å². The summed E-state index contributed by atoms with van der Waals surface area (Å²) in [4.78, 5) is 0. The van der Waals surface area contributed by atoms with Crippen molar-refractivity contribution in [3.05, 3.63) is 28.2 Å². The van der Waals surface area contributed by atoms with E-state index in [-0.39, 0.29) is 0 Å². The van der Waals surface area contributed by atoms with Crippen molar-refractivity contribution in [1.29, 1.82) is 0 Å². The molecule has 102 valence electrons. The summed E-state index contributed by atoms with van der Waals surface area (Å²) < 4.78 is 6.21. The fraction of sp³-hybridized carbons (Fsp3) is 0.571. The number of alkyl halides is 1. The first kappa shape index (κ1) is 15.8. The smallest absolute Gasteiger partial charge is 0.133 e. The number of methoxy groups -OCH3 is 1. The Balaban J connectivity index is 2.41. The van der Waals surface area contributed by atoms with Crippen LogP contribution in [-0.2, 0) is 6.54 Å². The lowest BCUT2D eigenvalue weighted by Crippen LogP contribution is -2.22. The standard InChI is InChI=1S/C14H21BrClNO/c1-3-11(6-7-16)9-17-10-12-4-5-14(18-2)13(15)8-12/h4-5,8,11,17H,3,6-7,9-10H2,1-2H3. The van der Waals surface area contributed by atoms with Crippen LogP contribution in [0.3, 0.4) is 0 Å². The molecule has 0 spiro atoms. The van der Waals surface area contributed by atoms with Crippen molar-refractivity contribution in [2.24, 2.45) is 5.92 Å². The molecule has 0 bridgehead atoms. The third kappa shape index (κ3) is 5.17. The third-order valence-electron chi connectivity index (χ3n) is 3.07. The molecule has 1 aromatic rings. The van der Waals surface area contributed by atoms with E-state index in [9.17, 15) is 0 Å². The molecule has 1 atom stereocenters. The van der Waals surface area contributed by atoms with Crippen molar-refractivity contribution in [3.63, 3.8) is 0 Å². The fourth-order valence-electron chi connectivity index (χ4n) is 1.85. The quantitative estimate of drug-likeness (QED) is 0.719. The highest BCUT2D eigenvalue weighted by Gasteiger charge is 2.05. The first-order valence-electron chi connectivity index (χ1n) is 6.30. The van der Waals surface area contributed by atoms with E-state index in [1.807, 2.05) is 6.07 Å². The highest BCUT2D eigenvalue weighted by molar-refractivity contribution is 9.10. The molecular formula is C14H21BrClNO. The highest BCUT2D eigenvalue weighted by Crippen LogP contribution is 2.25. The molecule has 0 heterocycles. The molecule has 0 saturated heterocycles. The Kier molecular flexibility index (Phi) is 7.71. The maximum absolute atomic E-state index is 5.78. The van der Waals surface area contributed by atoms with Crippen LogP contribution in [0.5, 0.6) is 5.75 Å². The van der Waals surface area contributed by atoms with Gasteiger partial charge in [-0.3, -0.25) is 0 Å². The summed E-state index contributed by atoms with van der Waals surface area (Å²) in [5.41, 5.74) is 1.25. The lowest BCUT2D eigenvalue weighted by atomic mass is 10.0. The van der Waals surface area contributed by atoms with Crippen molar-refractivity contribution >= 4 is 27.5 Å². The SMILES string of the molecule is CCC(CCCl)CNCc1ccc(OC)c(Br)c1. The zero-order valence-corrected chi connectivity index (χ0v) is 13.4. The molecule has 4 heteroatoms. The first-order valence-corrected chi connectivity index (χ1v) is 7.63. The monoisotopic (exact) mass is 333 g/mol. The van der Waals surface area contributed by atoms with E-state index in [2.05, 4.69) is 40.3 Å². The van der Waals surface area contributed by atoms with Gasteiger partial charge in [-0.2, -0.15) is 0 Å². The molecule has 0 amide bonds. The van der Waals surface area contributed by atoms with E-state index >= 15 is 0 Å². The molecule has 0 aliphatic carbocycles. The predicted octanol–water partition coefficient (Wildman–Crippen LogP) is 4.20. The normalized spacial score (nSPS) is 12.4. The van der Waals surface area contributed by atoms with Crippen LogP contribution in [-0.4, -0.2) is 19.5 Å². The molecule has 0 aliphatic heterocycles. The molecule has 1 unspecified atom stereocenters. The second-order valence-corrected chi connectivity index (χ2v) is 5.58. The van der Waals surface area contributed by atoms with E-state index in [4.69, 9.17) is 16.3 Å². The Morgan fingerprint density at radius 1 is 1.44 bits per heavy atom. The molecule has 18 heavy (non-hydrogen) atoms. The van der Waals surface area contributed by atoms with Crippen LogP contribution in [0.25, 0.3) is 0 Å². The van der Waals surface area contributed by atoms with Gasteiger partial charge in [-0.1, -0.05) is 19.4 Å². The second kappa shape index (κ2) is 8.78. The molecule has 0 saturated carbocycles. The molecular weight excluding hydrogens is 314 g/mol. The average Bonchev–Trinajstić information content (AvgIpc) is 2.38. The molecule has 2 nitrogen and oxygen atoms in total. The van der Waals surface area contributed by atoms with Gasteiger partial charge in [0.1, 0.15) is 5.75 Å². The van der Waals surface area contributed by atoms with Crippen LogP contribution in [0.1, 0.15) is 25.3 Å². The summed E-state index contributed by atoms with van der Waals surface area (Å²) in [6, 6.07) is 6.16. The van der Waals surface area contributed by atoms with Crippen molar-refractivity contribution in [2.75, 3.05) is 19.5 Å². The lowest BCUT2D eigenvalue weighted by Gasteiger charge is -2.14. The van der Waals surface area contributed by atoms with Crippen LogP contribution in [0.4, 0.5) is 0 Å². The Hall–Kier alpha value is -0.250. The zero-order valence-electron chi connectivity index (χ0n) is 11.0. The summed E-state index contributed by atoms with van der Waals surface area (Å²) in [6.07, 6.45) is 2.25. The number of halogens is 2. The Labute approximate surface area is 123 Å². The topological polar surface area (TPSA) is 21.3 Å². The Morgan fingerprint density at radius 3 is 2.78 bits per heavy atom. The van der Waals surface area contributed by atoms with Gasteiger partial charge < -0.3 is 10.1 Å². The predicted molar refractivity (Wildman–Crippen MR) is 81.5 cm³/mol. The van der Waals surface area contributed by atoms with E-state index in [0.29, 0.717) is 5.92 Å². The third-order valence-corrected chi connectivity index (χ3v) is 3.91. The van der Waals surface area contributed by atoms with Crippen molar-refractivity contribution in [2.45, 2.75) is 26.3 Å². The number of ether oxygens (including phenoxy) is 1. The molecule has 1 aromatic carbocycles. The van der Waals surface area contributed by atoms with Gasteiger partial charge in [-0.25, -0.2) is 0 Å². The van der Waals surface area contributed by atoms with Gasteiger partial charge in [0, 0.05) is 12.4 Å². The number of hydrogen-bond acceptors (Lipinski definition) is 2. The molecule has 1 N–H and O–H groups in total. The lowest BCUT2D eigenvalue weighted by molar-refractivity contribution is 0.411. The van der Waals surface area contributed by atoms with Gasteiger partial charge in [-0.05, 0) is 52.5 Å². The molecule has 0 fully saturated rings. The van der Waals surface area contributed by atoms with Gasteiger partial charge in [-0.15, -0.1) is 11.6 Å². The van der Waals surface area contributed by atoms with Crippen molar-refractivity contribution in [1.82, 2.24) is 5.32 Å². The second-order valence-electron chi connectivity index (χ2n) is 4.35. The number of hydrogen-bond donors (Lipinski definition) is 1. The van der Waals surface area contributed by atoms with E-state index in [1.165, 1.54) is 12.0 Å². The van der Waals surface area contributed by atoms with Crippen LogP contribution in [0.2, 0.25) is 0 Å². The molecule has 0 radical (unpaired) electrons. The molecule has 1 rings (SSSR count). The van der Waals surface area contributed by atoms with E-state index in [0.717, 1.165) is 35.6 Å². The van der Waals surface area contributed by atoms with Crippen LogP contribution < -0.4 is 10.1 Å². The summed E-state index contributed by atoms with van der Waals surface area (Å²) in [7, 11) is 1.68. The maximum Gasteiger partial charge on any atom is 0.133 e. The van der Waals surface area contributed by atoms with Crippen LogP contribution in [0.15, 0.2) is 22.7 Å². The fourth-order valence-corrected chi connectivity index (χ4v) is 2.74. The Bertz CT molecular complexity index is 360. The van der Waals surface area contributed by atoms with Gasteiger partial charge in [0.2, 0.25) is 0 Å². The number of benzene rings is 1. The number of rotatable bonds is 8. The number of nitrogens with one attached hydrogen (secondary N) is 1. The minimum Gasteiger partial charge on any atom is -0.496 e. The first-order chi connectivity index (χ1) is 8.71. The van der Waals surface area contributed by atoms with Crippen LogP contribution >= 0.6 is 27.5 Å². The summed E-state index contributed by atoms with van der Waals surface area (Å²) in [5.74, 6) is 2.28. The Morgan fingerprint density at radius 2 is 2.22 bits per heavy atom. The average molecular weight is 335 g/mol. The zero-order chi connectivity index (χ0) is 13.4. The largest absolute Gasteiger partial charge is 0.496 e. The molecule has 0 aromatic heterocycles. The summed E-state index contributed by atoms with van der Waals surface area (Å²) in [5, 5.41) is 3.48. The molecule has 0 aliphatic rings. The minimum absolute atomic E-state index is 0.671. The van der Waals surface area contributed by atoms with Gasteiger partial charge in [0.15, 0.2) is 0 Å². The van der Waals surface area contributed by atoms with Gasteiger partial charge >= 0.3 is 0 Å². The van der Waals surface area contributed by atoms with Gasteiger partial charge in [0.25, 0.3) is 0 Å². The van der Waals surface area contributed by atoms with E-state index in [1.54, 1.807) is 7.11 Å². The minimum atomic E-state index is 0.671. The maximum atomic E-state index is 5.78. The van der Waals surface area contributed by atoms with Gasteiger partial charge in [0.05, 0.1) is 11.6 Å². The van der Waals surface area contributed by atoms with Crippen LogP contribution in [0, 0.1) is 5.92 Å². The highest BCUT2D eigenvalue weighted by atomic mass is 79.9. The van der Waals surface area contributed by atoms with Crippen molar-refractivity contribution < 1.29 is 4.74 Å². The summed E-state index contributed by atoms with van der Waals surface area (Å²) in [6.45, 7) is 4.11.